The molecule has 1 aromatic carbocycles. The Morgan fingerprint density at radius 2 is 1.76 bits per heavy atom. The zero-order valence-electron chi connectivity index (χ0n) is 17.4. The van der Waals surface area contributed by atoms with Crippen molar-refractivity contribution >= 4 is 29.4 Å². The number of ether oxygens (including phenoxy) is 1. The predicted octanol–water partition coefficient (Wildman–Crippen LogP) is 3.34. The first kappa shape index (κ1) is 24.5. The van der Waals surface area contributed by atoms with Gasteiger partial charge in [0, 0.05) is 10.6 Å². The van der Waals surface area contributed by atoms with Gasteiger partial charge in [0.1, 0.15) is 11.6 Å². The summed E-state index contributed by atoms with van der Waals surface area (Å²) in [7, 11) is 0. The molecule has 0 heterocycles. The molecule has 158 valence electrons. The van der Waals surface area contributed by atoms with Gasteiger partial charge in [0.2, 0.25) is 0 Å². The fourth-order valence-electron chi connectivity index (χ4n) is 2.69. The van der Waals surface area contributed by atoms with E-state index < -0.39 is 36.0 Å². The Morgan fingerprint density at radius 1 is 1.17 bits per heavy atom. The second kappa shape index (κ2) is 11.5. The number of benzene rings is 1. The van der Waals surface area contributed by atoms with Gasteiger partial charge in [-0.05, 0) is 43.0 Å². The topological polar surface area (TPSA) is 84.5 Å². The van der Waals surface area contributed by atoms with E-state index in [0.717, 1.165) is 0 Å². The normalized spacial score (nSPS) is 13.0. The molecule has 0 spiro atoms. The monoisotopic (exact) mass is 420 g/mol. The molecule has 0 aliphatic carbocycles. The fraction of sp³-hybridized carbons (Fsp3) is 0.500. The van der Waals surface area contributed by atoms with Crippen LogP contribution in [0.25, 0.3) is 0 Å². The molecule has 0 radical (unpaired) electrons. The highest BCUT2D eigenvalue weighted by molar-refractivity contribution is 6.30. The summed E-state index contributed by atoms with van der Waals surface area (Å²) in [5, 5.41) is 5.93. The lowest BCUT2D eigenvalue weighted by molar-refractivity contribution is -0.152. The molecule has 0 unspecified atom stereocenters. The van der Waals surface area contributed by atoms with Crippen LogP contribution in [-0.2, 0) is 14.3 Å². The Labute approximate surface area is 177 Å². The van der Waals surface area contributed by atoms with Crippen LogP contribution in [0.4, 0.5) is 0 Å². The number of halogens is 1. The minimum atomic E-state index is -0.884. The quantitative estimate of drug-likeness (QED) is 0.449. The van der Waals surface area contributed by atoms with E-state index in [1.54, 1.807) is 24.3 Å². The van der Waals surface area contributed by atoms with Crippen molar-refractivity contribution in [2.75, 3.05) is 6.61 Å². The van der Waals surface area contributed by atoms with Crippen molar-refractivity contribution in [3.05, 3.63) is 34.9 Å². The summed E-state index contributed by atoms with van der Waals surface area (Å²) in [6, 6.07) is 5.44. The van der Waals surface area contributed by atoms with Crippen molar-refractivity contribution in [1.82, 2.24) is 10.6 Å². The summed E-state index contributed by atoms with van der Waals surface area (Å²) in [5.41, 5.74) is -0.388. The SMILES string of the molecule is C#CC(CC)(CC)NC(=O)COC(=O)[C@H](NC(=O)c1ccc(Cl)cc1)[C@@H](C)CC. The second-order valence-corrected chi connectivity index (χ2v) is 7.37. The number of amides is 2. The van der Waals surface area contributed by atoms with E-state index in [0.29, 0.717) is 29.8 Å². The van der Waals surface area contributed by atoms with Crippen molar-refractivity contribution in [2.24, 2.45) is 5.92 Å². The fourth-order valence-corrected chi connectivity index (χ4v) is 2.82. The molecule has 2 N–H and O–H groups in total. The Hall–Kier alpha value is -2.52. The van der Waals surface area contributed by atoms with E-state index in [1.807, 2.05) is 27.7 Å². The molecule has 2 amide bonds. The van der Waals surface area contributed by atoms with E-state index in [9.17, 15) is 14.4 Å². The van der Waals surface area contributed by atoms with Crippen LogP contribution in [-0.4, -0.2) is 36.0 Å². The van der Waals surface area contributed by atoms with E-state index >= 15 is 0 Å². The molecule has 0 saturated heterocycles. The van der Waals surface area contributed by atoms with Crippen LogP contribution in [0.5, 0.6) is 0 Å². The highest BCUT2D eigenvalue weighted by atomic mass is 35.5. The third-order valence-electron chi connectivity index (χ3n) is 5.07. The third kappa shape index (κ3) is 7.10. The summed E-state index contributed by atoms with van der Waals surface area (Å²) in [4.78, 5) is 37.2. The summed E-state index contributed by atoms with van der Waals surface area (Å²) < 4.78 is 5.17. The lowest BCUT2D eigenvalue weighted by atomic mass is 9.94. The van der Waals surface area contributed by atoms with Gasteiger partial charge in [-0.2, -0.15) is 0 Å². The molecule has 1 aromatic rings. The Balaban J connectivity index is 2.77. The van der Waals surface area contributed by atoms with E-state index in [4.69, 9.17) is 22.8 Å². The standard InChI is InChI=1S/C22H29ClN2O4/c1-6-15(5)19(24-20(27)16-10-12-17(23)13-11-16)21(28)29-14-18(26)25-22(7-2,8-3)9-4/h2,10-13,15,19H,6,8-9,14H2,1,3-5H3,(H,24,27)(H,25,26)/t15-,19+/m0/s1. The maximum atomic E-state index is 12.6. The molecule has 2 atom stereocenters. The van der Waals surface area contributed by atoms with Crippen LogP contribution in [0.15, 0.2) is 24.3 Å². The average molecular weight is 421 g/mol. The first-order valence-corrected chi connectivity index (χ1v) is 10.1. The van der Waals surface area contributed by atoms with Crippen LogP contribution in [0, 0.1) is 18.3 Å². The van der Waals surface area contributed by atoms with Crippen molar-refractivity contribution in [3.63, 3.8) is 0 Å². The van der Waals surface area contributed by atoms with Crippen LogP contribution in [0.2, 0.25) is 5.02 Å². The summed E-state index contributed by atoms with van der Waals surface area (Å²) >= 11 is 5.84. The van der Waals surface area contributed by atoms with Gasteiger partial charge in [0.25, 0.3) is 11.8 Å². The van der Waals surface area contributed by atoms with E-state index in [1.165, 1.54) is 0 Å². The molecule has 0 bridgehead atoms. The van der Waals surface area contributed by atoms with Gasteiger partial charge in [0.05, 0.1) is 0 Å². The molecule has 0 fully saturated rings. The Bertz CT molecular complexity index is 751. The molecule has 7 heteroatoms. The maximum Gasteiger partial charge on any atom is 0.329 e. The first-order valence-electron chi connectivity index (χ1n) is 9.73. The minimum absolute atomic E-state index is 0.183. The van der Waals surface area contributed by atoms with Crippen molar-refractivity contribution in [2.45, 2.75) is 58.5 Å². The number of hydrogen-bond acceptors (Lipinski definition) is 4. The van der Waals surface area contributed by atoms with Gasteiger partial charge < -0.3 is 15.4 Å². The predicted molar refractivity (Wildman–Crippen MR) is 113 cm³/mol. The Morgan fingerprint density at radius 3 is 2.24 bits per heavy atom. The van der Waals surface area contributed by atoms with Crippen molar-refractivity contribution < 1.29 is 19.1 Å². The molecule has 1 rings (SSSR count). The zero-order chi connectivity index (χ0) is 22.0. The largest absolute Gasteiger partial charge is 0.454 e. The molecule has 0 saturated carbocycles. The first-order chi connectivity index (χ1) is 13.7. The van der Waals surface area contributed by atoms with Gasteiger partial charge in [-0.15, -0.1) is 6.42 Å². The second-order valence-electron chi connectivity index (χ2n) is 6.93. The molecule has 0 aliphatic heterocycles. The average Bonchev–Trinajstić information content (AvgIpc) is 2.74. The maximum absolute atomic E-state index is 12.6. The van der Waals surface area contributed by atoms with Gasteiger partial charge >= 0.3 is 5.97 Å². The van der Waals surface area contributed by atoms with Gasteiger partial charge in [-0.25, -0.2) is 4.79 Å². The minimum Gasteiger partial charge on any atom is -0.454 e. The van der Waals surface area contributed by atoms with Crippen LogP contribution in [0.1, 0.15) is 57.3 Å². The van der Waals surface area contributed by atoms with Gasteiger partial charge in [-0.1, -0.05) is 51.6 Å². The number of rotatable bonds is 10. The summed E-state index contributed by atoms with van der Waals surface area (Å²) in [5.74, 6) is 0.841. The number of carbonyl (C=O) groups is 3. The Kier molecular flexibility index (Phi) is 9.70. The van der Waals surface area contributed by atoms with Crippen molar-refractivity contribution in [1.29, 1.82) is 0 Å². The third-order valence-corrected chi connectivity index (χ3v) is 5.32. The van der Waals surface area contributed by atoms with E-state index in [-0.39, 0.29) is 5.92 Å². The number of terminal acetylenes is 1. The number of hydrogen-bond donors (Lipinski definition) is 2. The number of nitrogens with one attached hydrogen (secondary N) is 2. The van der Waals surface area contributed by atoms with Crippen LogP contribution in [0.3, 0.4) is 0 Å². The lowest BCUT2D eigenvalue weighted by Gasteiger charge is -2.27. The van der Waals surface area contributed by atoms with Crippen LogP contribution < -0.4 is 10.6 Å². The lowest BCUT2D eigenvalue weighted by Crippen LogP contribution is -2.49. The summed E-state index contributed by atoms with van der Waals surface area (Å²) in [6.07, 6.45) is 7.29. The molecule has 0 aromatic heterocycles. The molecular formula is C22H29ClN2O4. The number of esters is 1. The van der Waals surface area contributed by atoms with Crippen LogP contribution >= 0.6 is 11.6 Å². The molecule has 0 aliphatic rings. The molecule has 29 heavy (non-hydrogen) atoms. The summed E-state index contributed by atoms with van der Waals surface area (Å²) in [6.45, 7) is 7.01. The zero-order valence-corrected chi connectivity index (χ0v) is 18.1. The highest BCUT2D eigenvalue weighted by Crippen LogP contribution is 2.15. The van der Waals surface area contributed by atoms with Crippen molar-refractivity contribution in [3.8, 4) is 12.3 Å². The molecule has 6 nitrogen and oxygen atoms in total. The number of carbonyl (C=O) groups excluding carboxylic acids is 3. The smallest absolute Gasteiger partial charge is 0.329 e. The molecular weight excluding hydrogens is 392 g/mol. The van der Waals surface area contributed by atoms with E-state index in [2.05, 4.69) is 16.6 Å². The van der Waals surface area contributed by atoms with Gasteiger partial charge in [-0.3, -0.25) is 9.59 Å². The highest BCUT2D eigenvalue weighted by Gasteiger charge is 2.30. The van der Waals surface area contributed by atoms with Gasteiger partial charge in [0.15, 0.2) is 6.61 Å².